The minimum atomic E-state index is 0.0689. The molecule has 0 saturated heterocycles. The van der Waals surface area contributed by atoms with Crippen LogP contribution in [0.25, 0.3) is 32.7 Å². The lowest BCUT2D eigenvalue weighted by molar-refractivity contribution is 0.589. The van der Waals surface area contributed by atoms with E-state index in [4.69, 9.17) is 0 Å². The van der Waals surface area contributed by atoms with Gasteiger partial charge in [0.1, 0.15) is 0 Å². The Balaban J connectivity index is 0.000000222. The zero-order valence-electron chi connectivity index (χ0n) is 57.4. The average molecular weight is 1140 g/mol. The predicted molar refractivity (Wildman–Crippen MR) is 386 cm³/mol. The Morgan fingerprint density at radius 2 is 0.733 bits per heavy atom. The Morgan fingerprint density at radius 3 is 1.13 bits per heavy atom. The van der Waals surface area contributed by atoms with Crippen molar-refractivity contribution in [3.8, 4) is 11.1 Å². The normalized spacial score (nSPS) is 12.6. The number of allylic oxidation sites excluding steroid dienone is 6. The Morgan fingerprint density at radius 1 is 0.372 bits per heavy atom. The van der Waals surface area contributed by atoms with Crippen LogP contribution in [0.4, 0.5) is 0 Å². The number of rotatable bonds is 8. The van der Waals surface area contributed by atoms with Crippen LogP contribution < -0.4 is 10.9 Å². The van der Waals surface area contributed by atoms with Crippen molar-refractivity contribution in [3.05, 3.63) is 284 Å². The third kappa shape index (κ3) is 18.9. The summed E-state index contributed by atoms with van der Waals surface area (Å²) >= 11 is 0. The fourth-order valence-corrected chi connectivity index (χ4v) is 11.1. The quantitative estimate of drug-likeness (QED) is 0.105. The van der Waals surface area contributed by atoms with E-state index in [0.29, 0.717) is 0 Å². The smallest absolute Gasteiger partial charge is 0.0874 e. The van der Waals surface area contributed by atoms with Crippen LogP contribution in [0.5, 0.6) is 0 Å². The van der Waals surface area contributed by atoms with E-state index < -0.39 is 0 Å². The first-order valence-corrected chi connectivity index (χ1v) is 31.6. The molecule has 0 aliphatic heterocycles. The van der Waals surface area contributed by atoms with E-state index in [-0.39, 0.29) is 33.8 Å². The maximum absolute atomic E-state index is 2.50. The molecule has 0 bridgehead atoms. The van der Waals surface area contributed by atoms with Gasteiger partial charge >= 0.3 is 0 Å². The second-order valence-electron chi connectivity index (χ2n) is 29.6. The van der Waals surface area contributed by atoms with Gasteiger partial charge in [0.2, 0.25) is 6.71 Å². The summed E-state index contributed by atoms with van der Waals surface area (Å²) in [5, 5.41) is 5.29. The Labute approximate surface area is 524 Å². The summed E-state index contributed by atoms with van der Waals surface area (Å²) in [5.74, 6) is 0. The molecular formula is C85H105B. The van der Waals surface area contributed by atoms with Gasteiger partial charge in [0.25, 0.3) is 0 Å². The minimum absolute atomic E-state index is 0.0689. The lowest BCUT2D eigenvalue weighted by Crippen LogP contribution is -2.48. The topological polar surface area (TPSA) is 0 Å². The van der Waals surface area contributed by atoms with E-state index in [1.807, 2.05) is 0 Å². The molecule has 448 valence electrons. The van der Waals surface area contributed by atoms with Crippen molar-refractivity contribution >= 4 is 39.2 Å². The SMILES string of the molecule is C/C=C/C(C)=C\C(C)=C(/Cc1ccc(C(C)(C)C)cc1)B(c1cc(C(C)(C)C)ccc1C)c1cc(C(C)(C)C)ccc1C.Cc1ccc(C(C)(C)C)cc1-c1ccc(C(C)(C)C)cc1.Cc1ccc2ccccc2c1.Cc1ccc2ccccc2c1. The summed E-state index contributed by atoms with van der Waals surface area (Å²) in [4.78, 5) is 0. The van der Waals surface area contributed by atoms with Gasteiger partial charge < -0.3 is 0 Å². The fourth-order valence-electron chi connectivity index (χ4n) is 11.1. The molecule has 0 N–H and O–H groups in total. The third-order valence-corrected chi connectivity index (χ3v) is 16.8. The zero-order chi connectivity index (χ0) is 63.5. The molecule has 0 spiro atoms. The summed E-state index contributed by atoms with van der Waals surface area (Å²) in [6, 6.07) is 69.4. The summed E-state index contributed by atoms with van der Waals surface area (Å²) in [6.07, 6.45) is 7.64. The summed E-state index contributed by atoms with van der Waals surface area (Å²) in [6.45, 7) is 52.2. The van der Waals surface area contributed by atoms with Crippen molar-refractivity contribution in [2.75, 3.05) is 0 Å². The molecule has 0 nitrogen and oxygen atoms in total. The number of hydrogen-bond acceptors (Lipinski definition) is 0. The highest BCUT2D eigenvalue weighted by Crippen LogP contribution is 2.33. The second-order valence-corrected chi connectivity index (χ2v) is 29.6. The molecule has 9 aromatic carbocycles. The molecule has 0 radical (unpaired) electrons. The highest BCUT2D eigenvalue weighted by molar-refractivity contribution is 6.91. The van der Waals surface area contributed by atoms with Gasteiger partial charge in [0, 0.05) is 0 Å². The van der Waals surface area contributed by atoms with E-state index in [9.17, 15) is 0 Å². The molecule has 1 heteroatoms. The molecule has 86 heavy (non-hydrogen) atoms. The number of aryl methyl sites for hydroxylation is 5. The third-order valence-electron chi connectivity index (χ3n) is 16.8. The lowest BCUT2D eigenvalue weighted by atomic mass is 9.33. The van der Waals surface area contributed by atoms with Crippen molar-refractivity contribution in [1.82, 2.24) is 0 Å². The summed E-state index contributed by atoms with van der Waals surface area (Å²) < 4.78 is 0. The molecule has 0 heterocycles. The van der Waals surface area contributed by atoms with E-state index in [0.717, 1.165) is 6.42 Å². The lowest BCUT2D eigenvalue weighted by Gasteiger charge is -2.29. The molecule has 0 fully saturated rings. The van der Waals surface area contributed by atoms with Gasteiger partial charge in [0.05, 0.1) is 0 Å². The van der Waals surface area contributed by atoms with Gasteiger partial charge in [-0.25, -0.2) is 0 Å². The van der Waals surface area contributed by atoms with Crippen molar-refractivity contribution < 1.29 is 0 Å². The van der Waals surface area contributed by atoms with Crippen LogP contribution in [-0.2, 0) is 33.5 Å². The van der Waals surface area contributed by atoms with Crippen molar-refractivity contribution in [3.63, 3.8) is 0 Å². The van der Waals surface area contributed by atoms with E-state index in [1.54, 1.807) is 0 Å². The number of benzene rings is 9. The predicted octanol–water partition coefficient (Wildman–Crippen LogP) is 23.0. The molecule has 0 aliphatic rings. The highest BCUT2D eigenvalue weighted by atomic mass is 14.2. The monoisotopic (exact) mass is 1140 g/mol. The average Bonchev–Trinajstić information content (AvgIpc) is 1.35. The molecule has 0 unspecified atom stereocenters. The first-order valence-electron chi connectivity index (χ1n) is 31.6. The minimum Gasteiger partial charge on any atom is -0.0874 e. The van der Waals surface area contributed by atoms with Gasteiger partial charge in [0.15, 0.2) is 0 Å². The van der Waals surface area contributed by atoms with Crippen LogP contribution >= 0.6 is 0 Å². The number of hydrogen-bond donors (Lipinski definition) is 0. The van der Waals surface area contributed by atoms with Crippen LogP contribution in [-0.4, -0.2) is 6.71 Å². The zero-order valence-corrected chi connectivity index (χ0v) is 57.4. The van der Waals surface area contributed by atoms with Gasteiger partial charge in [-0.2, -0.15) is 0 Å². The Bertz CT molecular complexity index is 3660. The molecule has 9 rings (SSSR count). The Kier molecular flexibility index (Phi) is 22.5. The standard InChI is InChI=1S/C42H57B.C21H28.2C11H10/c1-15-16-29(2)25-32(5)37(26-33-19-23-34(24-20-33)40(6,7)8)43(38-27-35(41(9,10)11)21-17-30(38)3)39-28-36(42(12,13)14)22-18-31(39)4;1-15-8-11-18(21(5,6)7)14-19(15)16-9-12-17(13-10-16)20(2,3)4;2*1-9-6-7-10-4-2-3-5-11(10)8-9/h15-25,27-28H,26H2,1-14H3;8-14H,1-7H3;2*2-8H,1H3/b16-15+,29-25-,37-32+;;;. The Hall–Kier alpha value is -7.22. The van der Waals surface area contributed by atoms with Gasteiger partial charge in [-0.15, -0.1) is 0 Å². The van der Waals surface area contributed by atoms with Crippen LogP contribution in [0.1, 0.15) is 186 Å². The van der Waals surface area contributed by atoms with E-state index in [1.165, 1.54) is 121 Å². The van der Waals surface area contributed by atoms with Gasteiger partial charge in [-0.1, -0.05) is 360 Å². The second kappa shape index (κ2) is 28.5. The first kappa shape index (κ1) is 67.9. The van der Waals surface area contributed by atoms with Gasteiger partial charge in [-0.05, 0) is 161 Å². The number of fused-ring (bicyclic) bond motifs is 2. The van der Waals surface area contributed by atoms with Crippen LogP contribution in [0.2, 0.25) is 0 Å². The first-order chi connectivity index (χ1) is 40.1. The summed E-state index contributed by atoms with van der Waals surface area (Å²) in [7, 11) is 0. The molecule has 0 saturated carbocycles. The van der Waals surface area contributed by atoms with Crippen molar-refractivity contribution in [2.45, 2.75) is 193 Å². The van der Waals surface area contributed by atoms with Crippen molar-refractivity contribution in [1.29, 1.82) is 0 Å². The van der Waals surface area contributed by atoms with Gasteiger partial charge in [-0.3, -0.25) is 0 Å². The highest BCUT2D eigenvalue weighted by Gasteiger charge is 2.31. The fraction of sp³-hybridized carbons (Fsp3) is 0.341. The van der Waals surface area contributed by atoms with Crippen LogP contribution in [0, 0.1) is 34.6 Å². The van der Waals surface area contributed by atoms with Crippen LogP contribution in [0.3, 0.4) is 0 Å². The molecular weight excluding hydrogens is 1030 g/mol. The molecule has 9 aromatic rings. The maximum atomic E-state index is 2.50. The molecule has 0 aromatic heterocycles. The largest absolute Gasteiger partial charge is 0.238 e. The van der Waals surface area contributed by atoms with Crippen molar-refractivity contribution in [2.24, 2.45) is 0 Å². The molecule has 0 atom stereocenters. The maximum Gasteiger partial charge on any atom is 0.238 e. The summed E-state index contributed by atoms with van der Waals surface area (Å²) in [5.41, 5.74) is 25.2. The van der Waals surface area contributed by atoms with E-state index in [2.05, 4.69) is 366 Å². The molecule has 0 aliphatic carbocycles. The van der Waals surface area contributed by atoms with E-state index >= 15 is 0 Å². The molecule has 0 amide bonds. The van der Waals surface area contributed by atoms with Crippen LogP contribution in [0.15, 0.2) is 223 Å².